The summed E-state index contributed by atoms with van der Waals surface area (Å²) in [5, 5.41) is 9.71. The number of primary amides is 1. The molecule has 25 heavy (non-hydrogen) atoms. The fourth-order valence-electron chi connectivity index (χ4n) is 2.24. The van der Waals surface area contributed by atoms with Gasteiger partial charge < -0.3 is 15.6 Å². The quantitative estimate of drug-likeness (QED) is 0.748. The predicted octanol–water partition coefficient (Wildman–Crippen LogP) is 3.20. The third-order valence-electron chi connectivity index (χ3n) is 3.52. The lowest BCUT2D eigenvalue weighted by atomic mass is 10.1. The number of amides is 1. The summed E-state index contributed by atoms with van der Waals surface area (Å²) in [6, 6.07) is 17.8. The third kappa shape index (κ3) is 3.99. The molecule has 1 atom stereocenters. The molecule has 0 bridgehead atoms. The van der Waals surface area contributed by atoms with E-state index in [4.69, 9.17) is 10.5 Å². The fraction of sp³-hybridized carbons (Fsp3) is 0.0526. The number of aliphatic hydroxyl groups excluding tert-OH is 1. The zero-order valence-corrected chi connectivity index (χ0v) is 13.1. The Balaban J connectivity index is 1.79. The summed E-state index contributed by atoms with van der Waals surface area (Å²) in [4.78, 5) is 15.3. The maximum Gasteiger partial charge on any atom is 0.252 e. The summed E-state index contributed by atoms with van der Waals surface area (Å²) in [5.74, 6) is -0.0676. The number of carbonyl (C=O) groups is 1. The molecule has 3 rings (SSSR count). The highest BCUT2D eigenvalue weighted by atomic mass is 19.1. The van der Waals surface area contributed by atoms with E-state index in [1.54, 1.807) is 48.5 Å². The van der Waals surface area contributed by atoms with Crippen LogP contribution in [0.15, 0.2) is 66.7 Å². The first-order chi connectivity index (χ1) is 12.0. The topological polar surface area (TPSA) is 85.4 Å². The van der Waals surface area contributed by atoms with E-state index in [-0.39, 0.29) is 11.5 Å². The summed E-state index contributed by atoms with van der Waals surface area (Å²) in [5.41, 5.74) is 6.65. The Morgan fingerprint density at radius 3 is 2.20 bits per heavy atom. The minimum Gasteiger partial charge on any atom is -0.457 e. The van der Waals surface area contributed by atoms with Gasteiger partial charge in [0.25, 0.3) is 5.91 Å². The van der Waals surface area contributed by atoms with E-state index in [0.717, 1.165) is 5.56 Å². The second kappa shape index (κ2) is 7.11. The Hall–Kier alpha value is -3.25. The molecule has 0 spiro atoms. The van der Waals surface area contributed by atoms with Crippen molar-refractivity contribution in [2.24, 2.45) is 5.73 Å². The number of nitrogens with two attached hydrogens (primary N) is 1. The number of aromatic nitrogens is 1. The van der Waals surface area contributed by atoms with Crippen LogP contribution in [0.5, 0.6) is 11.5 Å². The van der Waals surface area contributed by atoms with Gasteiger partial charge in [-0.25, -0.2) is 9.37 Å². The molecule has 3 aromatic rings. The monoisotopic (exact) mass is 338 g/mol. The average Bonchev–Trinajstić information content (AvgIpc) is 2.63. The molecule has 1 amide bonds. The normalized spacial score (nSPS) is 11.8. The van der Waals surface area contributed by atoms with Gasteiger partial charge in [-0.1, -0.05) is 6.07 Å². The van der Waals surface area contributed by atoms with Crippen molar-refractivity contribution >= 4 is 5.91 Å². The molecule has 0 aliphatic carbocycles. The first-order valence-corrected chi connectivity index (χ1v) is 7.51. The number of nitrogens with zero attached hydrogens (tertiary/aromatic N) is 1. The zero-order chi connectivity index (χ0) is 17.8. The number of halogens is 1. The van der Waals surface area contributed by atoms with Gasteiger partial charge in [-0.15, -0.1) is 0 Å². The van der Waals surface area contributed by atoms with E-state index >= 15 is 0 Å². The van der Waals surface area contributed by atoms with Crippen molar-refractivity contribution in [2.75, 3.05) is 0 Å². The molecule has 0 aliphatic rings. The second-order valence-electron chi connectivity index (χ2n) is 5.33. The van der Waals surface area contributed by atoms with E-state index in [2.05, 4.69) is 4.98 Å². The molecule has 0 saturated heterocycles. The molecule has 0 aliphatic heterocycles. The summed E-state index contributed by atoms with van der Waals surface area (Å²) in [6.45, 7) is 0. The van der Waals surface area contributed by atoms with Gasteiger partial charge in [0.15, 0.2) is 6.10 Å². The molecular weight excluding hydrogens is 323 g/mol. The minimum atomic E-state index is -1.44. The number of rotatable bonds is 5. The Labute approximate surface area is 143 Å². The number of hydrogen-bond donors (Lipinski definition) is 2. The maximum absolute atomic E-state index is 12.9. The van der Waals surface area contributed by atoms with E-state index in [1.807, 2.05) is 0 Å². The van der Waals surface area contributed by atoms with Crippen molar-refractivity contribution < 1.29 is 19.0 Å². The van der Waals surface area contributed by atoms with E-state index in [0.29, 0.717) is 17.2 Å². The number of ether oxygens (including phenoxy) is 1. The molecule has 0 radical (unpaired) electrons. The largest absolute Gasteiger partial charge is 0.457 e. The molecule has 2 aromatic carbocycles. The van der Waals surface area contributed by atoms with Gasteiger partial charge in [0.1, 0.15) is 17.3 Å². The summed E-state index contributed by atoms with van der Waals surface area (Å²) in [7, 11) is 0. The van der Waals surface area contributed by atoms with Gasteiger partial charge in [-0.2, -0.15) is 0 Å². The van der Waals surface area contributed by atoms with Crippen molar-refractivity contribution in [3.63, 3.8) is 0 Å². The highest BCUT2D eigenvalue weighted by Crippen LogP contribution is 2.26. The Bertz CT molecular complexity index is 880. The van der Waals surface area contributed by atoms with Crippen LogP contribution in [0.25, 0.3) is 11.3 Å². The molecular formula is C19H15FN2O3. The smallest absolute Gasteiger partial charge is 0.252 e. The molecule has 1 heterocycles. The second-order valence-corrected chi connectivity index (χ2v) is 5.33. The number of hydrogen-bond acceptors (Lipinski definition) is 4. The lowest BCUT2D eigenvalue weighted by Gasteiger charge is -2.09. The van der Waals surface area contributed by atoms with Gasteiger partial charge >= 0.3 is 0 Å². The van der Waals surface area contributed by atoms with Crippen LogP contribution in [0.2, 0.25) is 0 Å². The van der Waals surface area contributed by atoms with Gasteiger partial charge in [-0.3, -0.25) is 4.79 Å². The minimum absolute atomic E-state index is 0.191. The van der Waals surface area contributed by atoms with Crippen molar-refractivity contribution in [3.8, 4) is 22.8 Å². The lowest BCUT2D eigenvalue weighted by molar-refractivity contribution is -0.126. The molecule has 126 valence electrons. The van der Waals surface area contributed by atoms with Crippen LogP contribution in [0.1, 0.15) is 11.8 Å². The van der Waals surface area contributed by atoms with E-state index in [9.17, 15) is 14.3 Å². The van der Waals surface area contributed by atoms with Gasteiger partial charge in [-0.05, 0) is 60.7 Å². The van der Waals surface area contributed by atoms with Gasteiger partial charge in [0.05, 0.1) is 11.4 Å². The van der Waals surface area contributed by atoms with Crippen LogP contribution in [-0.4, -0.2) is 16.0 Å². The van der Waals surface area contributed by atoms with E-state index in [1.165, 1.54) is 18.2 Å². The van der Waals surface area contributed by atoms with E-state index < -0.39 is 12.0 Å². The Kier molecular flexibility index (Phi) is 4.72. The Morgan fingerprint density at radius 2 is 1.60 bits per heavy atom. The SMILES string of the molecule is NC(=O)[C@H](O)c1cccc(-c2ccc(Oc3ccc(F)cc3)cc2)n1. The van der Waals surface area contributed by atoms with Crippen LogP contribution in [-0.2, 0) is 4.79 Å². The van der Waals surface area contributed by atoms with Gasteiger partial charge in [0, 0.05) is 5.56 Å². The fourth-order valence-corrected chi connectivity index (χ4v) is 2.24. The van der Waals surface area contributed by atoms with Crippen LogP contribution in [0, 0.1) is 5.82 Å². The zero-order valence-electron chi connectivity index (χ0n) is 13.1. The van der Waals surface area contributed by atoms with Crippen molar-refractivity contribution in [1.82, 2.24) is 4.98 Å². The van der Waals surface area contributed by atoms with Crippen molar-refractivity contribution in [3.05, 3.63) is 78.2 Å². The number of benzene rings is 2. The first kappa shape index (κ1) is 16.6. The summed E-state index contributed by atoms with van der Waals surface area (Å²) >= 11 is 0. The standard InChI is InChI=1S/C19H15FN2O3/c20-13-6-10-15(11-7-13)25-14-8-4-12(5-9-14)16-2-1-3-17(22-16)18(23)19(21)24/h1-11,18,23H,(H2,21,24)/t18-/m1/s1. The van der Waals surface area contributed by atoms with Crippen LogP contribution in [0.4, 0.5) is 4.39 Å². The Morgan fingerprint density at radius 1 is 1.00 bits per heavy atom. The number of aliphatic hydroxyl groups is 1. The molecule has 0 fully saturated rings. The summed E-state index contributed by atoms with van der Waals surface area (Å²) in [6.07, 6.45) is -1.44. The van der Waals surface area contributed by atoms with Crippen LogP contribution in [0.3, 0.4) is 0 Å². The molecule has 6 heteroatoms. The summed E-state index contributed by atoms with van der Waals surface area (Å²) < 4.78 is 18.5. The molecule has 3 N–H and O–H groups in total. The highest BCUT2D eigenvalue weighted by Gasteiger charge is 2.15. The number of pyridine rings is 1. The maximum atomic E-state index is 12.9. The van der Waals surface area contributed by atoms with Crippen LogP contribution >= 0.6 is 0 Å². The molecule has 0 unspecified atom stereocenters. The third-order valence-corrected chi connectivity index (χ3v) is 3.52. The first-order valence-electron chi connectivity index (χ1n) is 7.51. The predicted molar refractivity (Wildman–Crippen MR) is 90.3 cm³/mol. The molecule has 0 saturated carbocycles. The van der Waals surface area contributed by atoms with Gasteiger partial charge in [0.2, 0.25) is 0 Å². The van der Waals surface area contributed by atoms with Crippen LogP contribution < -0.4 is 10.5 Å². The lowest BCUT2D eigenvalue weighted by Crippen LogP contribution is -2.21. The number of carbonyl (C=O) groups excluding carboxylic acids is 1. The average molecular weight is 338 g/mol. The van der Waals surface area contributed by atoms with Crippen molar-refractivity contribution in [2.45, 2.75) is 6.10 Å². The molecule has 5 nitrogen and oxygen atoms in total. The molecule has 1 aromatic heterocycles. The highest BCUT2D eigenvalue weighted by molar-refractivity contribution is 5.79. The van der Waals surface area contributed by atoms with Crippen molar-refractivity contribution in [1.29, 1.82) is 0 Å².